The number of aliphatic carboxylic acids is 1. The van der Waals surface area contributed by atoms with E-state index in [1.165, 1.54) is 0 Å². The highest BCUT2D eigenvalue weighted by molar-refractivity contribution is 6.35. The molecule has 0 amide bonds. The summed E-state index contributed by atoms with van der Waals surface area (Å²) in [6.45, 7) is 2.46. The van der Waals surface area contributed by atoms with E-state index in [0.717, 1.165) is 12.1 Å². The van der Waals surface area contributed by atoms with Gasteiger partial charge in [-0.2, -0.15) is 0 Å². The monoisotopic (exact) mass is 288 g/mol. The molecule has 1 saturated heterocycles. The molecule has 1 aromatic carbocycles. The minimum absolute atomic E-state index is 0.459. The van der Waals surface area contributed by atoms with Crippen LogP contribution in [0.4, 0.5) is 0 Å². The van der Waals surface area contributed by atoms with Crippen LogP contribution in [-0.4, -0.2) is 41.7 Å². The van der Waals surface area contributed by atoms with Gasteiger partial charge >= 0.3 is 5.97 Å². The molecule has 98 valence electrons. The Balaban J connectivity index is 2.13. The fourth-order valence-electron chi connectivity index (χ4n) is 2.05. The summed E-state index contributed by atoms with van der Waals surface area (Å²) in [7, 11) is 0. The molecule has 0 aliphatic carbocycles. The molecule has 0 aromatic heterocycles. The molecule has 0 unspecified atom stereocenters. The fourth-order valence-corrected chi connectivity index (χ4v) is 2.52. The van der Waals surface area contributed by atoms with Gasteiger partial charge in [0.2, 0.25) is 0 Å². The number of benzene rings is 1. The van der Waals surface area contributed by atoms with Crippen LogP contribution in [0.5, 0.6) is 0 Å². The lowest BCUT2D eigenvalue weighted by atomic mass is 10.1. The maximum Gasteiger partial charge on any atom is 0.322 e. The average molecular weight is 289 g/mol. The summed E-state index contributed by atoms with van der Waals surface area (Å²) in [4.78, 5) is 13.1. The van der Waals surface area contributed by atoms with Crippen LogP contribution in [0.25, 0.3) is 0 Å². The molecule has 1 heterocycles. The topological polar surface area (TPSA) is 52.6 Å². The van der Waals surface area contributed by atoms with Crippen molar-refractivity contribution in [3.8, 4) is 0 Å². The summed E-state index contributed by atoms with van der Waals surface area (Å²) in [5.41, 5.74) is 0.897. The van der Waals surface area contributed by atoms with Gasteiger partial charge in [0.1, 0.15) is 6.04 Å². The van der Waals surface area contributed by atoms with Crippen molar-refractivity contribution in [3.05, 3.63) is 33.8 Å². The van der Waals surface area contributed by atoms with Crippen molar-refractivity contribution in [2.75, 3.05) is 19.6 Å². The van der Waals surface area contributed by atoms with Gasteiger partial charge in [-0.1, -0.05) is 29.3 Å². The molecule has 1 aliphatic rings. The van der Waals surface area contributed by atoms with Crippen molar-refractivity contribution >= 4 is 29.2 Å². The maximum absolute atomic E-state index is 11.2. The first kappa shape index (κ1) is 13.6. The van der Waals surface area contributed by atoms with E-state index >= 15 is 0 Å². The molecule has 0 saturated carbocycles. The van der Waals surface area contributed by atoms with Gasteiger partial charge < -0.3 is 10.4 Å². The SMILES string of the molecule is O=C(O)[C@@H]1CNCCN1Cc1ccc(Cl)cc1Cl. The zero-order chi connectivity index (χ0) is 13.1. The highest BCUT2D eigenvalue weighted by Crippen LogP contribution is 2.23. The lowest BCUT2D eigenvalue weighted by Crippen LogP contribution is -2.54. The molecule has 1 fully saturated rings. The Kier molecular flexibility index (Phi) is 4.45. The normalized spacial score (nSPS) is 20.9. The van der Waals surface area contributed by atoms with Crippen LogP contribution in [0.2, 0.25) is 10.0 Å². The highest BCUT2D eigenvalue weighted by atomic mass is 35.5. The van der Waals surface area contributed by atoms with E-state index in [-0.39, 0.29) is 0 Å². The molecular formula is C12H14Cl2N2O2. The van der Waals surface area contributed by atoms with Crippen molar-refractivity contribution in [1.82, 2.24) is 10.2 Å². The third kappa shape index (κ3) is 3.14. The van der Waals surface area contributed by atoms with Crippen LogP contribution >= 0.6 is 23.2 Å². The molecule has 0 radical (unpaired) electrons. The van der Waals surface area contributed by atoms with E-state index in [0.29, 0.717) is 29.7 Å². The van der Waals surface area contributed by atoms with Gasteiger partial charge in [0.05, 0.1) is 0 Å². The number of carboxylic acid groups (broad SMARTS) is 1. The number of piperazine rings is 1. The molecule has 6 heteroatoms. The Hall–Kier alpha value is -0.810. The molecule has 1 aromatic rings. The van der Waals surface area contributed by atoms with Gasteiger partial charge in [-0.25, -0.2) is 0 Å². The van der Waals surface area contributed by atoms with Crippen molar-refractivity contribution in [1.29, 1.82) is 0 Å². The number of hydrogen-bond acceptors (Lipinski definition) is 3. The van der Waals surface area contributed by atoms with Crippen LogP contribution < -0.4 is 5.32 Å². The van der Waals surface area contributed by atoms with Gasteiger partial charge in [-0.05, 0) is 17.7 Å². The Morgan fingerprint density at radius 1 is 1.50 bits per heavy atom. The average Bonchev–Trinajstić information content (AvgIpc) is 2.33. The minimum atomic E-state index is -0.813. The molecule has 0 spiro atoms. The number of carboxylic acids is 1. The molecule has 1 atom stereocenters. The number of nitrogens with one attached hydrogen (secondary N) is 1. The van der Waals surface area contributed by atoms with Crippen LogP contribution in [0.1, 0.15) is 5.56 Å². The third-order valence-corrected chi connectivity index (χ3v) is 3.61. The Morgan fingerprint density at radius 3 is 2.94 bits per heavy atom. The van der Waals surface area contributed by atoms with Gasteiger partial charge in [-0.15, -0.1) is 0 Å². The molecule has 4 nitrogen and oxygen atoms in total. The van der Waals surface area contributed by atoms with E-state index in [1.807, 2.05) is 11.0 Å². The highest BCUT2D eigenvalue weighted by Gasteiger charge is 2.28. The number of carbonyl (C=O) groups is 1. The lowest BCUT2D eigenvalue weighted by Gasteiger charge is -2.33. The van der Waals surface area contributed by atoms with E-state index in [1.54, 1.807) is 12.1 Å². The number of nitrogens with zero attached hydrogens (tertiary/aromatic N) is 1. The third-order valence-electron chi connectivity index (χ3n) is 3.03. The van der Waals surface area contributed by atoms with Crippen molar-refractivity contribution in [3.63, 3.8) is 0 Å². The minimum Gasteiger partial charge on any atom is -0.480 e. The molecule has 18 heavy (non-hydrogen) atoms. The first-order chi connectivity index (χ1) is 8.58. The smallest absolute Gasteiger partial charge is 0.322 e. The van der Waals surface area contributed by atoms with Crippen molar-refractivity contribution in [2.24, 2.45) is 0 Å². The zero-order valence-corrected chi connectivity index (χ0v) is 11.2. The second kappa shape index (κ2) is 5.89. The summed E-state index contributed by atoms with van der Waals surface area (Å²) < 4.78 is 0. The van der Waals surface area contributed by atoms with E-state index in [9.17, 15) is 4.79 Å². The number of rotatable bonds is 3. The Morgan fingerprint density at radius 2 is 2.28 bits per heavy atom. The lowest BCUT2D eigenvalue weighted by molar-refractivity contribution is -0.144. The van der Waals surface area contributed by atoms with Crippen LogP contribution in [0.15, 0.2) is 18.2 Å². The standard InChI is InChI=1S/C12H14Cl2N2O2/c13-9-2-1-8(10(14)5-9)7-16-4-3-15-6-11(16)12(17)18/h1-2,5,11,15H,3-4,6-7H2,(H,17,18)/t11-/m0/s1. The second-order valence-electron chi connectivity index (χ2n) is 4.26. The quantitative estimate of drug-likeness (QED) is 0.891. The second-order valence-corrected chi connectivity index (χ2v) is 5.11. The molecule has 0 bridgehead atoms. The Labute approximate surface area is 115 Å². The summed E-state index contributed by atoms with van der Waals surface area (Å²) in [6, 6.07) is 4.77. The first-order valence-corrected chi connectivity index (χ1v) is 6.45. The predicted molar refractivity (Wildman–Crippen MR) is 71.2 cm³/mol. The molecular weight excluding hydrogens is 275 g/mol. The zero-order valence-electron chi connectivity index (χ0n) is 9.70. The van der Waals surface area contributed by atoms with Gasteiger partial charge in [0.15, 0.2) is 0 Å². The van der Waals surface area contributed by atoms with Crippen molar-refractivity contribution in [2.45, 2.75) is 12.6 Å². The van der Waals surface area contributed by atoms with E-state index in [2.05, 4.69) is 5.32 Å². The maximum atomic E-state index is 11.2. The number of halogens is 2. The summed E-state index contributed by atoms with van der Waals surface area (Å²) in [5, 5.41) is 13.4. The largest absolute Gasteiger partial charge is 0.480 e. The van der Waals surface area contributed by atoms with Crippen LogP contribution in [0, 0.1) is 0 Å². The first-order valence-electron chi connectivity index (χ1n) is 5.69. The fraction of sp³-hybridized carbons (Fsp3) is 0.417. The summed E-state index contributed by atoms with van der Waals surface area (Å²) in [5.74, 6) is -0.813. The van der Waals surface area contributed by atoms with Gasteiger partial charge in [0.25, 0.3) is 0 Å². The van der Waals surface area contributed by atoms with Gasteiger partial charge in [0, 0.05) is 36.2 Å². The summed E-state index contributed by atoms with van der Waals surface area (Å²) in [6.07, 6.45) is 0. The molecule has 1 aliphatic heterocycles. The number of hydrogen-bond donors (Lipinski definition) is 2. The Bertz CT molecular complexity index is 454. The van der Waals surface area contributed by atoms with Gasteiger partial charge in [-0.3, -0.25) is 9.69 Å². The van der Waals surface area contributed by atoms with Crippen molar-refractivity contribution < 1.29 is 9.90 Å². The van der Waals surface area contributed by atoms with Crippen LogP contribution in [0.3, 0.4) is 0 Å². The summed E-state index contributed by atoms with van der Waals surface area (Å²) >= 11 is 11.9. The molecule has 2 N–H and O–H groups in total. The molecule has 2 rings (SSSR count). The predicted octanol–water partition coefficient (Wildman–Crippen LogP) is 1.85. The van der Waals surface area contributed by atoms with E-state index < -0.39 is 12.0 Å². The van der Waals surface area contributed by atoms with E-state index in [4.69, 9.17) is 28.3 Å². The van der Waals surface area contributed by atoms with Crippen LogP contribution in [-0.2, 0) is 11.3 Å².